The monoisotopic (exact) mass is 477 g/mol. The molecule has 1 spiro atoms. The summed E-state index contributed by atoms with van der Waals surface area (Å²) < 4.78 is 25.1. The summed E-state index contributed by atoms with van der Waals surface area (Å²) in [5, 5.41) is 6.19. The molecule has 8 nitrogen and oxygen atoms in total. The van der Waals surface area contributed by atoms with Crippen LogP contribution in [0.4, 0.5) is 33.2 Å². The fourth-order valence-corrected chi connectivity index (χ4v) is 4.50. The zero-order chi connectivity index (χ0) is 24.3. The summed E-state index contributed by atoms with van der Waals surface area (Å²) in [5.74, 6) is 0.532. The molecule has 0 unspecified atom stereocenters. The third-order valence-electron chi connectivity index (χ3n) is 6.45. The van der Waals surface area contributed by atoms with Gasteiger partial charge < -0.3 is 29.8 Å². The lowest BCUT2D eigenvalue weighted by molar-refractivity contribution is -0.107. The number of aromatic nitrogens is 2. The van der Waals surface area contributed by atoms with Gasteiger partial charge in [0.05, 0.1) is 12.8 Å². The molecule has 182 valence electrons. The van der Waals surface area contributed by atoms with E-state index in [2.05, 4.69) is 31.6 Å². The Balaban J connectivity index is 1.30. The van der Waals surface area contributed by atoms with Gasteiger partial charge in [0.25, 0.3) is 0 Å². The zero-order valence-electron chi connectivity index (χ0n) is 19.6. The van der Waals surface area contributed by atoms with Crippen molar-refractivity contribution in [2.24, 2.45) is 0 Å². The molecule has 2 N–H and O–H groups in total. The van der Waals surface area contributed by atoms with Crippen LogP contribution in [0.25, 0.3) is 0 Å². The SMILES string of the molecule is COCCOc1ccc(Nc2ncc(F)c(Nc3ccc4c(c3)N(CCC=O)CC43CC3)n2)cc1. The summed E-state index contributed by atoms with van der Waals surface area (Å²) >= 11 is 0. The number of benzene rings is 2. The third kappa shape index (κ3) is 5.05. The maximum absolute atomic E-state index is 14.6. The Bertz CT molecular complexity index is 1200. The van der Waals surface area contributed by atoms with Gasteiger partial charge in [-0.3, -0.25) is 0 Å². The molecule has 1 fully saturated rings. The molecule has 1 aromatic heterocycles. The Hall–Kier alpha value is -3.72. The van der Waals surface area contributed by atoms with E-state index in [4.69, 9.17) is 9.47 Å². The molecule has 0 radical (unpaired) electrons. The molecule has 9 heteroatoms. The molecule has 35 heavy (non-hydrogen) atoms. The van der Waals surface area contributed by atoms with Crippen molar-refractivity contribution in [1.82, 2.24) is 9.97 Å². The average Bonchev–Trinajstić information content (AvgIpc) is 3.58. The highest BCUT2D eigenvalue weighted by molar-refractivity contribution is 5.73. The highest BCUT2D eigenvalue weighted by Crippen LogP contribution is 2.56. The largest absolute Gasteiger partial charge is 0.491 e. The number of fused-ring (bicyclic) bond motifs is 2. The van der Waals surface area contributed by atoms with E-state index >= 15 is 0 Å². The first kappa shape index (κ1) is 23.0. The maximum atomic E-state index is 14.6. The number of anilines is 5. The summed E-state index contributed by atoms with van der Waals surface area (Å²) in [5.41, 5.74) is 4.13. The van der Waals surface area contributed by atoms with Gasteiger partial charge in [-0.2, -0.15) is 4.98 Å². The Morgan fingerprint density at radius 2 is 1.91 bits per heavy atom. The number of nitrogens with one attached hydrogen (secondary N) is 2. The number of aldehydes is 1. The molecule has 0 atom stereocenters. The van der Waals surface area contributed by atoms with Crippen LogP contribution in [-0.4, -0.2) is 49.7 Å². The topological polar surface area (TPSA) is 88.6 Å². The first-order chi connectivity index (χ1) is 17.1. The summed E-state index contributed by atoms with van der Waals surface area (Å²) in [6.45, 7) is 2.61. The Morgan fingerprint density at radius 3 is 2.66 bits per heavy atom. The number of rotatable bonds is 11. The normalized spacial score (nSPS) is 15.1. The first-order valence-corrected chi connectivity index (χ1v) is 11.7. The maximum Gasteiger partial charge on any atom is 0.229 e. The zero-order valence-corrected chi connectivity index (χ0v) is 19.6. The smallest absolute Gasteiger partial charge is 0.229 e. The van der Waals surface area contributed by atoms with E-state index < -0.39 is 5.82 Å². The number of carbonyl (C=O) groups excluding carboxylic acids is 1. The summed E-state index contributed by atoms with van der Waals surface area (Å²) in [4.78, 5) is 21.6. The molecule has 2 aromatic carbocycles. The van der Waals surface area contributed by atoms with E-state index in [0.29, 0.717) is 26.2 Å². The van der Waals surface area contributed by atoms with E-state index in [1.54, 1.807) is 7.11 Å². The minimum atomic E-state index is -0.547. The number of hydrogen-bond acceptors (Lipinski definition) is 8. The molecule has 3 aromatic rings. The van der Waals surface area contributed by atoms with Gasteiger partial charge in [0.1, 0.15) is 18.6 Å². The Morgan fingerprint density at radius 1 is 1.11 bits per heavy atom. The Labute approximate surface area is 203 Å². The molecule has 0 amide bonds. The van der Waals surface area contributed by atoms with Crippen LogP contribution in [0.3, 0.4) is 0 Å². The molecule has 1 aliphatic carbocycles. The fraction of sp³-hybridized carbons (Fsp3) is 0.346. The van der Waals surface area contributed by atoms with Gasteiger partial charge in [-0.25, -0.2) is 9.37 Å². The van der Waals surface area contributed by atoms with Crippen LogP contribution in [0.1, 0.15) is 24.8 Å². The van der Waals surface area contributed by atoms with E-state index in [9.17, 15) is 9.18 Å². The van der Waals surface area contributed by atoms with E-state index in [-0.39, 0.29) is 17.2 Å². The van der Waals surface area contributed by atoms with Gasteiger partial charge in [0.2, 0.25) is 5.95 Å². The molecule has 1 saturated carbocycles. The van der Waals surface area contributed by atoms with Crippen molar-refractivity contribution in [1.29, 1.82) is 0 Å². The van der Waals surface area contributed by atoms with Crippen LogP contribution < -0.4 is 20.3 Å². The number of hydrogen-bond donors (Lipinski definition) is 2. The minimum Gasteiger partial charge on any atom is -0.491 e. The molecule has 1 aliphatic heterocycles. The molecule has 2 aliphatic rings. The first-order valence-electron chi connectivity index (χ1n) is 11.7. The average molecular weight is 478 g/mol. The van der Waals surface area contributed by atoms with Crippen molar-refractivity contribution in [3.63, 3.8) is 0 Å². The van der Waals surface area contributed by atoms with Gasteiger partial charge >= 0.3 is 0 Å². The van der Waals surface area contributed by atoms with Gasteiger partial charge in [-0.05, 0) is 54.8 Å². The van der Waals surface area contributed by atoms with Gasteiger partial charge in [-0.15, -0.1) is 0 Å². The lowest BCUT2D eigenvalue weighted by Crippen LogP contribution is -2.25. The summed E-state index contributed by atoms with van der Waals surface area (Å²) in [6, 6.07) is 13.4. The lowest BCUT2D eigenvalue weighted by atomic mass is 9.98. The highest BCUT2D eigenvalue weighted by Gasteiger charge is 2.51. The van der Waals surface area contributed by atoms with Crippen molar-refractivity contribution in [2.45, 2.75) is 24.7 Å². The highest BCUT2D eigenvalue weighted by atomic mass is 19.1. The number of nitrogens with zero attached hydrogens (tertiary/aromatic N) is 3. The van der Waals surface area contributed by atoms with Crippen LogP contribution in [-0.2, 0) is 14.9 Å². The summed E-state index contributed by atoms with van der Waals surface area (Å²) in [7, 11) is 1.63. The number of carbonyl (C=O) groups is 1. The second-order valence-corrected chi connectivity index (χ2v) is 8.89. The number of ether oxygens (including phenoxy) is 2. The van der Waals surface area contributed by atoms with Crippen molar-refractivity contribution in [3.05, 3.63) is 60.0 Å². The van der Waals surface area contributed by atoms with Crippen LogP contribution in [0.2, 0.25) is 0 Å². The second-order valence-electron chi connectivity index (χ2n) is 8.89. The van der Waals surface area contributed by atoms with Crippen LogP contribution in [0, 0.1) is 5.82 Å². The van der Waals surface area contributed by atoms with Gasteiger partial charge in [0, 0.05) is 49.1 Å². The molecule has 0 bridgehead atoms. The van der Waals surface area contributed by atoms with Crippen molar-refractivity contribution in [3.8, 4) is 5.75 Å². The molecule has 0 saturated heterocycles. The minimum absolute atomic E-state index is 0.0838. The number of methoxy groups -OCH3 is 1. The van der Waals surface area contributed by atoms with Gasteiger partial charge in [0.15, 0.2) is 11.6 Å². The van der Waals surface area contributed by atoms with Crippen LogP contribution >= 0.6 is 0 Å². The third-order valence-corrected chi connectivity index (χ3v) is 6.45. The second kappa shape index (κ2) is 9.87. The van der Waals surface area contributed by atoms with Crippen molar-refractivity contribution >= 4 is 35.1 Å². The van der Waals surface area contributed by atoms with Gasteiger partial charge in [-0.1, -0.05) is 6.07 Å². The Kier molecular flexibility index (Phi) is 6.50. The predicted octanol–water partition coefficient (Wildman–Crippen LogP) is 4.57. The van der Waals surface area contributed by atoms with Crippen LogP contribution in [0.5, 0.6) is 5.75 Å². The van der Waals surface area contributed by atoms with E-state index in [1.807, 2.05) is 36.4 Å². The van der Waals surface area contributed by atoms with Crippen molar-refractivity contribution < 1.29 is 18.7 Å². The molecular formula is C26H28FN5O3. The molecule has 5 rings (SSSR count). The summed E-state index contributed by atoms with van der Waals surface area (Å²) in [6.07, 6.45) is 4.92. The predicted molar refractivity (Wildman–Crippen MR) is 133 cm³/mol. The number of halogens is 1. The standard InChI is InChI=1S/C26H28FN5O3/c1-34-13-14-35-20-6-3-18(4-7-20)30-25-28-16-22(27)24(31-25)29-19-5-8-21-23(15-19)32(11-2-12-33)17-26(21)9-10-26/h3-8,12,15-16H,2,9-11,13-14,17H2,1H3,(H2,28,29,30,31). The fourth-order valence-electron chi connectivity index (χ4n) is 4.50. The van der Waals surface area contributed by atoms with Crippen LogP contribution in [0.15, 0.2) is 48.7 Å². The van der Waals surface area contributed by atoms with E-state index in [1.165, 1.54) is 18.4 Å². The van der Waals surface area contributed by atoms with E-state index in [0.717, 1.165) is 41.8 Å². The molecule has 2 heterocycles. The lowest BCUT2D eigenvalue weighted by Gasteiger charge is -2.19. The molecular weight excluding hydrogens is 449 g/mol. The quantitative estimate of drug-likeness (QED) is 0.307. The van der Waals surface area contributed by atoms with Crippen molar-refractivity contribution in [2.75, 3.05) is 48.9 Å².